The van der Waals surface area contributed by atoms with Crippen LogP contribution < -0.4 is 15.4 Å². The van der Waals surface area contributed by atoms with Crippen LogP contribution in [0.4, 0.5) is 0 Å². The summed E-state index contributed by atoms with van der Waals surface area (Å²) in [4.78, 5) is 4.12. The van der Waals surface area contributed by atoms with E-state index in [0.717, 1.165) is 30.9 Å². The lowest BCUT2D eigenvalue weighted by atomic mass is 10.1. The summed E-state index contributed by atoms with van der Waals surface area (Å²) in [6.07, 6.45) is 3.61. The highest BCUT2D eigenvalue weighted by atomic mass is 16.5. The van der Waals surface area contributed by atoms with Gasteiger partial charge in [0.05, 0.1) is 7.11 Å². The van der Waals surface area contributed by atoms with Gasteiger partial charge in [0.15, 0.2) is 0 Å². The van der Waals surface area contributed by atoms with E-state index in [2.05, 4.69) is 15.6 Å². The topological polar surface area (TPSA) is 46.2 Å². The lowest BCUT2D eigenvalue weighted by Gasteiger charge is -2.25. The third kappa shape index (κ3) is 1.86. The van der Waals surface area contributed by atoms with Gasteiger partial charge >= 0.3 is 0 Å². The van der Waals surface area contributed by atoms with E-state index in [9.17, 15) is 0 Å². The molecule has 76 valence electrons. The SMILES string of the molecule is COc1ccncc1[C@H]1CNCCN1. The minimum atomic E-state index is 0.312. The quantitative estimate of drug-likeness (QED) is 0.710. The van der Waals surface area contributed by atoms with Crippen molar-refractivity contribution in [2.24, 2.45) is 0 Å². The van der Waals surface area contributed by atoms with Crippen LogP contribution in [0.3, 0.4) is 0 Å². The maximum absolute atomic E-state index is 5.29. The fraction of sp³-hybridized carbons (Fsp3) is 0.500. The van der Waals surface area contributed by atoms with Crippen LogP contribution in [0.25, 0.3) is 0 Å². The normalized spacial score (nSPS) is 21.9. The molecule has 1 atom stereocenters. The van der Waals surface area contributed by atoms with Crippen molar-refractivity contribution in [2.45, 2.75) is 6.04 Å². The predicted molar refractivity (Wildman–Crippen MR) is 54.4 cm³/mol. The molecule has 1 saturated heterocycles. The zero-order chi connectivity index (χ0) is 9.80. The third-order valence-corrected chi connectivity index (χ3v) is 2.45. The summed E-state index contributed by atoms with van der Waals surface area (Å²) in [5.74, 6) is 0.904. The number of hydrogen-bond donors (Lipinski definition) is 2. The van der Waals surface area contributed by atoms with Crippen molar-refractivity contribution < 1.29 is 4.74 Å². The fourth-order valence-corrected chi connectivity index (χ4v) is 1.71. The molecule has 14 heavy (non-hydrogen) atoms. The number of ether oxygens (including phenoxy) is 1. The first-order valence-corrected chi connectivity index (χ1v) is 4.84. The van der Waals surface area contributed by atoms with Crippen molar-refractivity contribution in [1.82, 2.24) is 15.6 Å². The Bertz CT molecular complexity index is 297. The van der Waals surface area contributed by atoms with E-state index in [1.165, 1.54) is 0 Å². The van der Waals surface area contributed by atoms with Crippen molar-refractivity contribution in [3.63, 3.8) is 0 Å². The van der Waals surface area contributed by atoms with Crippen molar-refractivity contribution >= 4 is 0 Å². The van der Waals surface area contributed by atoms with Crippen LogP contribution in [0.2, 0.25) is 0 Å². The van der Waals surface area contributed by atoms with E-state index in [4.69, 9.17) is 4.74 Å². The average molecular weight is 193 g/mol. The molecule has 4 nitrogen and oxygen atoms in total. The van der Waals surface area contributed by atoms with Gasteiger partial charge in [-0.05, 0) is 6.07 Å². The molecule has 1 aromatic heterocycles. The average Bonchev–Trinajstić information content (AvgIpc) is 2.30. The van der Waals surface area contributed by atoms with Gasteiger partial charge in [0.1, 0.15) is 5.75 Å². The fourth-order valence-electron chi connectivity index (χ4n) is 1.71. The summed E-state index contributed by atoms with van der Waals surface area (Å²) < 4.78 is 5.29. The summed E-state index contributed by atoms with van der Waals surface area (Å²) in [5.41, 5.74) is 1.13. The van der Waals surface area contributed by atoms with Crippen LogP contribution in [0.15, 0.2) is 18.5 Å². The van der Waals surface area contributed by atoms with Gasteiger partial charge in [-0.3, -0.25) is 4.98 Å². The lowest BCUT2D eigenvalue weighted by Crippen LogP contribution is -2.42. The van der Waals surface area contributed by atoms with Crippen LogP contribution in [-0.2, 0) is 0 Å². The Morgan fingerprint density at radius 3 is 3.14 bits per heavy atom. The van der Waals surface area contributed by atoms with Crippen LogP contribution in [0.5, 0.6) is 5.75 Å². The van der Waals surface area contributed by atoms with Crippen LogP contribution in [-0.4, -0.2) is 31.7 Å². The number of piperazine rings is 1. The van der Waals surface area contributed by atoms with E-state index in [1.807, 2.05) is 12.3 Å². The summed E-state index contributed by atoms with van der Waals surface area (Å²) in [6.45, 7) is 2.95. The largest absolute Gasteiger partial charge is 0.496 e. The zero-order valence-electron chi connectivity index (χ0n) is 8.29. The maximum Gasteiger partial charge on any atom is 0.126 e. The Labute approximate surface area is 83.7 Å². The number of methoxy groups -OCH3 is 1. The predicted octanol–water partition coefficient (Wildman–Crippen LogP) is 0.324. The second kappa shape index (κ2) is 4.39. The van der Waals surface area contributed by atoms with E-state index in [1.54, 1.807) is 13.3 Å². The van der Waals surface area contributed by atoms with Gasteiger partial charge in [0.25, 0.3) is 0 Å². The van der Waals surface area contributed by atoms with Gasteiger partial charge in [-0.15, -0.1) is 0 Å². The molecule has 2 heterocycles. The van der Waals surface area contributed by atoms with Crippen LogP contribution in [0, 0.1) is 0 Å². The molecule has 1 fully saturated rings. The minimum Gasteiger partial charge on any atom is -0.496 e. The molecular weight excluding hydrogens is 178 g/mol. The molecule has 2 rings (SSSR count). The standard InChI is InChI=1S/C10H15N3O/c1-14-10-2-3-11-6-8(10)9-7-12-4-5-13-9/h2-3,6,9,12-13H,4-5,7H2,1H3/t9-/m1/s1. The van der Waals surface area contributed by atoms with Gasteiger partial charge in [0, 0.05) is 43.6 Å². The highest BCUT2D eigenvalue weighted by molar-refractivity contribution is 5.33. The molecule has 0 radical (unpaired) electrons. The second-order valence-electron chi connectivity index (χ2n) is 3.33. The van der Waals surface area contributed by atoms with Gasteiger partial charge in [-0.2, -0.15) is 0 Å². The maximum atomic E-state index is 5.29. The molecule has 4 heteroatoms. The van der Waals surface area contributed by atoms with Crippen molar-refractivity contribution in [3.05, 3.63) is 24.0 Å². The molecule has 2 N–H and O–H groups in total. The highest BCUT2D eigenvalue weighted by Gasteiger charge is 2.17. The first-order chi connectivity index (χ1) is 6.92. The number of rotatable bonds is 2. The molecule has 0 saturated carbocycles. The van der Waals surface area contributed by atoms with Gasteiger partial charge in [-0.25, -0.2) is 0 Å². The molecule has 0 aliphatic carbocycles. The number of aromatic nitrogens is 1. The van der Waals surface area contributed by atoms with Gasteiger partial charge in [0.2, 0.25) is 0 Å². The third-order valence-electron chi connectivity index (χ3n) is 2.45. The number of pyridine rings is 1. The molecule has 0 aromatic carbocycles. The van der Waals surface area contributed by atoms with Crippen LogP contribution in [0.1, 0.15) is 11.6 Å². The number of nitrogens with zero attached hydrogens (tertiary/aromatic N) is 1. The first kappa shape index (κ1) is 9.43. The summed E-state index contributed by atoms with van der Waals surface area (Å²) in [5, 5.41) is 6.77. The van der Waals surface area contributed by atoms with Gasteiger partial charge < -0.3 is 15.4 Å². The molecule has 0 amide bonds. The van der Waals surface area contributed by atoms with E-state index < -0.39 is 0 Å². The minimum absolute atomic E-state index is 0.312. The summed E-state index contributed by atoms with van der Waals surface area (Å²) in [6, 6.07) is 2.21. The van der Waals surface area contributed by atoms with E-state index in [0.29, 0.717) is 6.04 Å². The van der Waals surface area contributed by atoms with E-state index >= 15 is 0 Å². The van der Waals surface area contributed by atoms with Crippen molar-refractivity contribution in [3.8, 4) is 5.75 Å². The lowest BCUT2D eigenvalue weighted by molar-refractivity contribution is 0.380. The monoisotopic (exact) mass is 193 g/mol. The zero-order valence-corrected chi connectivity index (χ0v) is 8.29. The van der Waals surface area contributed by atoms with Gasteiger partial charge in [-0.1, -0.05) is 0 Å². The van der Waals surface area contributed by atoms with Crippen LogP contribution >= 0.6 is 0 Å². The van der Waals surface area contributed by atoms with Crippen molar-refractivity contribution in [1.29, 1.82) is 0 Å². The number of hydrogen-bond acceptors (Lipinski definition) is 4. The second-order valence-corrected chi connectivity index (χ2v) is 3.33. The Morgan fingerprint density at radius 2 is 2.43 bits per heavy atom. The molecular formula is C10H15N3O. The molecule has 0 unspecified atom stereocenters. The Kier molecular flexibility index (Phi) is 2.96. The molecule has 1 aromatic rings. The van der Waals surface area contributed by atoms with Crippen molar-refractivity contribution in [2.75, 3.05) is 26.7 Å². The molecule has 0 spiro atoms. The smallest absolute Gasteiger partial charge is 0.126 e. The number of nitrogens with one attached hydrogen (secondary N) is 2. The highest BCUT2D eigenvalue weighted by Crippen LogP contribution is 2.23. The summed E-state index contributed by atoms with van der Waals surface area (Å²) in [7, 11) is 1.69. The Balaban J connectivity index is 2.20. The Hall–Kier alpha value is -1.13. The van der Waals surface area contributed by atoms with E-state index in [-0.39, 0.29) is 0 Å². The molecule has 1 aliphatic heterocycles. The molecule has 1 aliphatic rings. The molecule has 0 bridgehead atoms. The Morgan fingerprint density at radius 1 is 1.50 bits per heavy atom. The summed E-state index contributed by atoms with van der Waals surface area (Å²) >= 11 is 0. The first-order valence-electron chi connectivity index (χ1n) is 4.84.